The van der Waals surface area contributed by atoms with Gasteiger partial charge in [-0.3, -0.25) is 9.69 Å². The molecule has 23 heavy (non-hydrogen) atoms. The monoisotopic (exact) mass is 413 g/mol. The molecule has 1 amide bonds. The Kier molecular flexibility index (Phi) is 6.68. The van der Waals surface area contributed by atoms with E-state index in [9.17, 15) is 4.79 Å². The largest absolute Gasteiger partial charge is 0.492 e. The normalized spacial score (nSPS) is 16.7. The number of nitrogens with zero attached hydrogens (tertiary/aromatic N) is 1. The molecular formula is C17H20BrNO2S2. The molecule has 0 aliphatic carbocycles. The third kappa shape index (κ3) is 4.81. The van der Waals surface area contributed by atoms with Crippen LogP contribution in [-0.4, -0.2) is 28.3 Å². The highest BCUT2D eigenvalue weighted by Gasteiger charge is 2.31. The Hall–Kier alpha value is -0.850. The van der Waals surface area contributed by atoms with Gasteiger partial charge in [0.25, 0.3) is 5.91 Å². The van der Waals surface area contributed by atoms with Crippen molar-refractivity contribution in [1.29, 1.82) is 0 Å². The molecule has 1 aliphatic rings. The standard InChI is InChI=1S/C17H20BrNO2S2/c1-4-7-19-16(20)15(23-17(19)22)9-12-5-6-14(13(18)8-12)21-10-11(2)3/h5-6,8-9,11H,4,7,10H2,1-3H3/b15-9-. The number of thiocarbonyl (C=S) groups is 1. The number of benzene rings is 1. The highest BCUT2D eigenvalue weighted by molar-refractivity contribution is 9.10. The molecule has 1 aliphatic heterocycles. The number of amides is 1. The molecule has 3 nitrogen and oxygen atoms in total. The van der Waals surface area contributed by atoms with E-state index in [-0.39, 0.29) is 5.91 Å². The third-order valence-corrected chi connectivity index (χ3v) is 5.14. The van der Waals surface area contributed by atoms with Crippen molar-refractivity contribution < 1.29 is 9.53 Å². The lowest BCUT2D eigenvalue weighted by atomic mass is 10.2. The summed E-state index contributed by atoms with van der Waals surface area (Å²) in [5.74, 6) is 1.29. The molecular weight excluding hydrogens is 394 g/mol. The fourth-order valence-corrected chi connectivity index (χ4v) is 3.87. The number of carbonyl (C=O) groups excluding carboxylic acids is 1. The average Bonchev–Trinajstić information content (AvgIpc) is 2.74. The Morgan fingerprint density at radius 2 is 2.17 bits per heavy atom. The van der Waals surface area contributed by atoms with Crippen molar-refractivity contribution in [2.24, 2.45) is 5.92 Å². The number of rotatable bonds is 6. The zero-order valence-electron chi connectivity index (χ0n) is 13.5. The molecule has 1 saturated heterocycles. The van der Waals surface area contributed by atoms with E-state index in [0.29, 0.717) is 28.3 Å². The van der Waals surface area contributed by atoms with Gasteiger partial charge in [0.2, 0.25) is 0 Å². The fraction of sp³-hybridized carbons (Fsp3) is 0.412. The Labute approximate surface area is 155 Å². The van der Waals surface area contributed by atoms with Crippen molar-refractivity contribution in [2.75, 3.05) is 13.2 Å². The first kappa shape index (κ1) is 18.5. The van der Waals surface area contributed by atoms with Gasteiger partial charge in [-0.1, -0.05) is 50.8 Å². The summed E-state index contributed by atoms with van der Waals surface area (Å²) in [6.45, 7) is 7.61. The van der Waals surface area contributed by atoms with E-state index in [1.165, 1.54) is 11.8 Å². The smallest absolute Gasteiger partial charge is 0.266 e. The summed E-state index contributed by atoms with van der Waals surface area (Å²) in [5.41, 5.74) is 0.950. The molecule has 1 aromatic rings. The van der Waals surface area contributed by atoms with Crippen LogP contribution in [0.25, 0.3) is 6.08 Å². The summed E-state index contributed by atoms with van der Waals surface area (Å²) >= 11 is 10.2. The van der Waals surface area contributed by atoms with Crippen molar-refractivity contribution in [2.45, 2.75) is 27.2 Å². The molecule has 1 heterocycles. The highest BCUT2D eigenvalue weighted by atomic mass is 79.9. The van der Waals surface area contributed by atoms with E-state index < -0.39 is 0 Å². The predicted octanol–water partition coefficient (Wildman–Crippen LogP) is 5.10. The van der Waals surface area contributed by atoms with Crippen LogP contribution in [0.3, 0.4) is 0 Å². The van der Waals surface area contributed by atoms with Crippen LogP contribution in [0.5, 0.6) is 5.75 Å². The number of halogens is 1. The van der Waals surface area contributed by atoms with E-state index in [0.717, 1.165) is 22.2 Å². The maximum absolute atomic E-state index is 12.4. The summed E-state index contributed by atoms with van der Waals surface area (Å²) < 4.78 is 7.26. The minimum Gasteiger partial charge on any atom is -0.492 e. The Morgan fingerprint density at radius 1 is 1.43 bits per heavy atom. The lowest BCUT2D eigenvalue weighted by Crippen LogP contribution is -2.28. The number of ether oxygens (including phenoxy) is 1. The van der Waals surface area contributed by atoms with Gasteiger partial charge in [0.15, 0.2) is 0 Å². The Morgan fingerprint density at radius 3 is 2.78 bits per heavy atom. The lowest BCUT2D eigenvalue weighted by Gasteiger charge is -2.12. The molecule has 0 bridgehead atoms. The summed E-state index contributed by atoms with van der Waals surface area (Å²) in [4.78, 5) is 14.7. The topological polar surface area (TPSA) is 29.5 Å². The SMILES string of the molecule is CCCN1C(=O)/C(=C/c2ccc(OCC(C)C)c(Br)c2)SC1=S. The number of hydrogen-bond acceptors (Lipinski definition) is 4. The van der Waals surface area contributed by atoms with Crippen LogP contribution in [-0.2, 0) is 4.79 Å². The molecule has 0 atom stereocenters. The molecule has 0 unspecified atom stereocenters. The van der Waals surface area contributed by atoms with Crippen LogP contribution in [0.1, 0.15) is 32.8 Å². The zero-order valence-corrected chi connectivity index (χ0v) is 16.7. The van der Waals surface area contributed by atoms with E-state index in [2.05, 4.69) is 29.8 Å². The second kappa shape index (κ2) is 8.31. The van der Waals surface area contributed by atoms with Gasteiger partial charge in [-0.2, -0.15) is 0 Å². The fourth-order valence-electron chi connectivity index (χ4n) is 2.05. The first-order valence-electron chi connectivity index (χ1n) is 7.60. The minimum atomic E-state index is -0.00175. The summed E-state index contributed by atoms with van der Waals surface area (Å²) in [6.07, 6.45) is 2.78. The van der Waals surface area contributed by atoms with Gasteiger partial charge in [-0.25, -0.2) is 0 Å². The third-order valence-electron chi connectivity index (χ3n) is 3.15. The van der Waals surface area contributed by atoms with Crippen LogP contribution in [0.2, 0.25) is 0 Å². The number of thioether (sulfide) groups is 1. The van der Waals surface area contributed by atoms with Crippen LogP contribution in [0.4, 0.5) is 0 Å². The highest BCUT2D eigenvalue weighted by Crippen LogP contribution is 2.34. The first-order valence-corrected chi connectivity index (χ1v) is 9.61. The van der Waals surface area contributed by atoms with Crippen LogP contribution in [0, 0.1) is 5.92 Å². The van der Waals surface area contributed by atoms with E-state index in [1.807, 2.05) is 31.2 Å². The molecule has 0 N–H and O–H groups in total. The molecule has 1 aromatic carbocycles. The van der Waals surface area contributed by atoms with Crippen molar-refractivity contribution in [1.82, 2.24) is 4.90 Å². The van der Waals surface area contributed by atoms with Crippen LogP contribution < -0.4 is 4.74 Å². The number of hydrogen-bond donors (Lipinski definition) is 0. The first-order chi connectivity index (χ1) is 10.9. The molecule has 0 aromatic heterocycles. The lowest BCUT2D eigenvalue weighted by molar-refractivity contribution is -0.122. The Bertz CT molecular complexity index is 643. The predicted molar refractivity (Wildman–Crippen MR) is 105 cm³/mol. The average molecular weight is 414 g/mol. The second-order valence-corrected chi connectivity index (χ2v) is 8.26. The summed E-state index contributed by atoms with van der Waals surface area (Å²) in [5, 5.41) is 0. The Balaban J connectivity index is 2.15. The minimum absolute atomic E-state index is 0.00175. The van der Waals surface area contributed by atoms with Crippen LogP contribution >= 0.6 is 39.9 Å². The zero-order chi connectivity index (χ0) is 17.0. The van der Waals surface area contributed by atoms with Gasteiger partial charge in [0.05, 0.1) is 16.0 Å². The maximum Gasteiger partial charge on any atom is 0.266 e. The van der Waals surface area contributed by atoms with E-state index >= 15 is 0 Å². The molecule has 1 fully saturated rings. The van der Waals surface area contributed by atoms with Crippen molar-refractivity contribution >= 4 is 56.2 Å². The van der Waals surface area contributed by atoms with E-state index in [4.69, 9.17) is 17.0 Å². The number of carbonyl (C=O) groups is 1. The van der Waals surface area contributed by atoms with Gasteiger partial charge in [-0.05, 0) is 52.0 Å². The summed E-state index contributed by atoms with van der Waals surface area (Å²) in [6, 6.07) is 5.83. The van der Waals surface area contributed by atoms with Gasteiger partial charge in [0, 0.05) is 6.54 Å². The molecule has 6 heteroatoms. The van der Waals surface area contributed by atoms with Crippen molar-refractivity contribution in [3.8, 4) is 5.75 Å². The van der Waals surface area contributed by atoms with Crippen molar-refractivity contribution in [3.05, 3.63) is 33.1 Å². The van der Waals surface area contributed by atoms with Crippen LogP contribution in [0.15, 0.2) is 27.6 Å². The second-order valence-electron chi connectivity index (χ2n) is 5.73. The molecule has 0 spiro atoms. The molecule has 0 radical (unpaired) electrons. The van der Waals surface area contributed by atoms with Gasteiger partial charge >= 0.3 is 0 Å². The van der Waals surface area contributed by atoms with Gasteiger partial charge < -0.3 is 4.74 Å². The van der Waals surface area contributed by atoms with Gasteiger partial charge in [-0.15, -0.1) is 0 Å². The summed E-state index contributed by atoms with van der Waals surface area (Å²) in [7, 11) is 0. The van der Waals surface area contributed by atoms with E-state index in [1.54, 1.807) is 4.90 Å². The van der Waals surface area contributed by atoms with Gasteiger partial charge in [0.1, 0.15) is 10.1 Å². The molecule has 2 rings (SSSR count). The molecule has 0 saturated carbocycles. The van der Waals surface area contributed by atoms with Crippen molar-refractivity contribution in [3.63, 3.8) is 0 Å². The molecule has 124 valence electrons. The quantitative estimate of drug-likeness (QED) is 0.479. The maximum atomic E-state index is 12.4.